The molecule has 0 aliphatic carbocycles. The Morgan fingerprint density at radius 1 is 1.37 bits per heavy atom. The molecule has 2 amide bonds. The lowest BCUT2D eigenvalue weighted by Gasteiger charge is -2.09. The number of hydrogen-bond donors (Lipinski definition) is 3. The predicted octanol–water partition coefficient (Wildman–Crippen LogP) is 1.15. The average molecular weight is 284 g/mol. The molecule has 19 heavy (non-hydrogen) atoms. The van der Waals surface area contributed by atoms with Crippen molar-refractivity contribution in [2.45, 2.75) is 32.3 Å². The molecular formula is C13H20N2O3S. The summed E-state index contributed by atoms with van der Waals surface area (Å²) in [6, 6.07) is 3.55. The van der Waals surface area contributed by atoms with Crippen molar-refractivity contribution < 1.29 is 14.7 Å². The van der Waals surface area contributed by atoms with Crippen LogP contribution in [0.25, 0.3) is 0 Å². The SMILES string of the molecule is CCC(O)CCNC(=O)CCNC(=O)c1cccs1. The number of rotatable bonds is 8. The van der Waals surface area contributed by atoms with Crippen LogP contribution in [0.2, 0.25) is 0 Å². The van der Waals surface area contributed by atoms with Gasteiger partial charge in [0.1, 0.15) is 0 Å². The van der Waals surface area contributed by atoms with E-state index in [1.807, 2.05) is 18.4 Å². The molecular weight excluding hydrogens is 264 g/mol. The van der Waals surface area contributed by atoms with Crippen LogP contribution >= 0.6 is 11.3 Å². The first-order chi connectivity index (χ1) is 9.13. The van der Waals surface area contributed by atoms with Gasteiger partial charge in [0, 0.05) is 19.5 Å². The topological polar surface area (TPSA) is 78.4 Å². The second-order valence-electron chi connectivity index (χ2n) is 4.18. The summed E-state index contributed by atoms with van der Waals surface area (Å²) in [4.78, 5) is 23.6. The lowest BCUT2D eigenvalue weighted by atomic mass is 10.2. The summed E-state index contributed by atoms with van der Waals surface area (Å²) in [6.07, 6.45) is 1.13. The molecule has 0 saturated heterocycles. The second kappa shape index (κ2) is 8.66. The molecule has 0 aliphatic heterocycles. The maximum absolute atomic E-state index is 11.6. The highest BCUT2D eigenvalue weighted by molar-refractivity contribution is 7.12. The number of aliphatic hydroxyl groups excluding tert-OH is 1. The fourth-order valence-corrected chi connectivity index (χ4v) is 2.10. The third-order valence-electron chi connectivity index (χ3n) is 2.65. The third-order valence-corrected chi connectivity index (χ3v) is 3.52. The van der Waals surface area contributed by atoms with Gasteiger partial charge >= 0.3 is 0 Å². The van der Waals surface area contributed by atoms with Crippen molar-refractivity contribution >= 4 is 23.2 Å². The third kappa shape index (κ3) is 6.35. The lowest BCUT2D eigenvalue weighted by Crippen LogP contribution is -2.31. The number of thiophene rings is 1. The Bertz CT molecular complexity index is 393. The van der Waals surface area contributed by atoms with Crippen molar-refractivity contribution in [2.75, 3.05) is 13.1 Å². The van der Waals surface area contributed by atoms with Gasteiger partial charge in [0.15, 0.2) is 0 Å². The van der Waals surface area contributed by atoms with Gasteiger partial charge in [-0.1, -0.05) is 13.0 Å². The van der Waals surface area contributed by atoms with Crippen molar-refractivity contribution in [3.8, 4) is 0 Å². The van der Waals surface area contributed by atoms with Crippen molar-refractivity contribution in [1.82, 2.24) is 10.6 Å². The van der Waals surface area contributed by atoms with E-state index in [1.165, 1.54) is 11.3 Å². The smallest absolute Gasteiger partial charge is 0.261 e. The molecule has 0 spiro atoms. The molecule has 1 aromatic rings. The van der Waals surface area contributed by atoms with E-state index in [1.54, 1.807) is 6.07 Å². The van der Waals surface area contributed by atoms with Crippen LogP contribution in [-0.2, 0) is 4.79 Å². The van der Waals surface area contributed by atoms with Crippen LogP contribution in [-0.4, -0.2) is 36.1 Å². The van der Waals surface area contributed by atoms with Gasteiger partial charge in [-0.05, 0) is 24.3 Å². The highest BCUT2D eigenvalue weighted by Gasteiger charge is 2.07. The molecule has 0 radical (unpaired) electrons. The van der Waals surface area contributed by atoms with Crippen LogP contribution < -0.4 is 10.6 Å². The highest BCUT2D eigenvalue weighted by atomic mass is 32.1. The maximum atomic E-state index is 11.6. The lowest BCUT2D eigenvalue weighted by molar-refractivity contribution is -0.121. The van der Waals surface area contributed by atoms with E-state index >= 15 is 0 Å². The van der Waals surface area contributed by atoms with E-state index in [0.29, 0.717) is 30.8 Å². The molecule has 1 rings (SSSR count). The van der Waals surface area contributed by atoms with Crippen molar-refractivity contribution in [2.24, 2.45) is 0 Å². The molecule has 1 unspecified atom stereocenters. The number of carbonyl (C=O) groups is 2. The second-order valence-corrected chi connectivity index (χ2v) is 5.13. The number of hydrogen-bond acceptors (Lipinski definition) is 4. The molecule has 6 heteroatoms. The fourth-order valence-electron chi connectivity index (χ4n) is 1.46. The summed E-state index contributed by atoms with van der Waals surface area (Å²) in [5.41, 5.74) is 0. The quantitative estimate of drug-likeness (QED) is 0.670. The minimum atomic E-state index is -0.362. The minimum Gasteiger partial charge on any atom is -0.393 e. The normalized spacial score (nSPS) is 11.9. The predicted molar refractivity (Wildman–Crippen MR) is 75.2 cm³/mol. The van der Waals surface area contributed by atoms with Crippen LogP contribution in [0, 0.1) is 0 Å². The van der Waals surface area contributed by atoms with E-state index in [0.717, 1.165) is 0 Å². The van der Waals surface area contributed by atoms with Crippen LogP contribution in [0.5, 0.6) is 0 Å². The van der Waals surface area contributed by atoms with Crippen molar-refractivity contribution in [1.29, 1.82) is 0 Å². The molecule has 0 saturated carbocycles. The Morgan fingerprint density at radius 3 is 2.79 bits per heavy atom. The Labute approximate surface area is 117 Å². The van der Waals surface area contributed by atoms with E-state index in [-0.39, 0.29) is 24.3 Å². The van der Waals surface area contributed by atoms with Gasteiger partial charge in [0.2, 0.25) is 5.91 Å². The summed E-state index contributed by atoms with van der Waals surface area (Å²) < 4.78 is 0. The molecule has 1 atom stereocenters. The Kier molecular flexibility index (Phi) is 7.14. The van der Waals surface area contributed by atoms with Gasteiger partial charge in [-0.15, -0.1) is 11.3 Å². The summed E-state index contributed by atoms with van der Waals surface area (Å²) in [5, 5.41) is 16.5. The van der Waals surface area contributed by atoms with Crippen LogP contribution in [0.1, 0.15) is 35.9 Å². The Balaban J connectivity index is 2.09. The summed E-state index contributed by atoms with van der Waals surface area (Å²) in [6.45, 7) is 2.68. The average Bonchev–Trinajstić information content (AvgIpc) is 2.92. The van der Waals surface area contributed by atoms with E-state index < -0.39 is 0 Å². The largest absolute Gasteiger partial charge is 0.393 e. The zero-order valence-corrected chi connectivity index (χ0v) is 11.8. The van der Waals surface area contributed by atoms with Gasteiger partial charge in [-0.2, -0.15) is 0 Å². The molecule has 106 valence electrons. The molecule has 0 aromatic carbocycles. The fraction of sp³-hybridized carbons (Fsp3) is 0.538. The summed E-state index contributed by atoms with van der Waals surface area (Å²) in [7, 11) is 0. The molecule has 1 aromatic heterocycles. The standard InChI is InChI=1S/C13H20N2O3S/c1-2-10(16)5-7-14-12(17)6-8-15-13(18)11-4-3-9-19-11/h3-4,9-10,16H,2,5-8H2,1H3,(H,14,17)(H,15,18). The number of carbonyl (C=O) groups excluding carboxylic acids is 2. The van der Waals surface area contributed by atoms with Gasteiger partial charge in [0.05, 0.1) is 11.0 Å². The maximum Gasteiger partial charge on any atom is 0.261 e. The first-order valence-corrected chi connectivity index (χ1v) is 7.28. The first-order valence-electron chi connectivity index (χ1n) is 6.40. The molecule has 0 fully saturated rings. The van der Waals surface area contributed by atoms with Crippen LogP contribution in [0.3, 0.4) is 0 Å². The Morgan fingerprint density at radius 2 is 2.16 bits per heavy atom. The minimum absolute atomic E-state index is 0.116. The van der Waals surface area contributed by atoms with Crippen molar-refractivity contribution in [3.05, 3.63) is 22.4 Å². The Hall–Kier alpha value is -1.40. The van der Waals surface area contributed by atoms with Gasteiger partial charge in [-0.3, -0.25) is 9.59 Å². The first kappa shape index (κ1) is 15.7. The van der Waals surface area contributed by atoms with E-state index in [4.69, 9.17) is 0 Å². The van der Waals surface area contributed by atoms with Gasteiger partial charge < -0.3 is 15.7 Å². The van der Waals surface area contributed by atoms with Crippen molar-refractivity contribution in [3.63, 3.8) is 0 Å². The molecule has 1 heterocycles. The number of aliphatic hydroxyl groups is 1. The van der Waals surface area contributed by atoms with Gasteiger partial charge in [-0.25, -0.2) is 0 Å². The van der Waals surface area contributed by atoms with Crippen LogP contribution in [0.15, 0.2) is 17.5 Å². The van der Waals surface area contributed by atoms with E-state index in [9.17, 15) is 14.7 Å². The zero-order valence-electron chi connectivity index (χ0n) is 11.0. The summed E-state index contributed by atoms with van der Waals surface area (Å²) >= 11 is 1.37. The number of nitrogens with one attached hydrogen (secondary N) is 2. The number of amides is 2. The van der Waals surface area contributed by atoms with Gasteiger partial charge in [0.25, 0.3) is 5.91 Å². The highest BCUT2D eigenvalue weighted by Crippen LogP contribution is 2.07. The molecule has 0 bridgehead atoms. The molecule has 5 nitrogen and oxygen atoms in total. The molecule has 0 aliphatic rings. The molecule has 3 N–H and O–H groups in total. The van der Waals surface area contributed by atoms with Crippen LogP contribution in [0.4, 0.5) is 0 Å². The van der Waals surface area contributed by atoms with E-state index in [2.05, 4.69) is 10.6 Å². The summed E-state index contributed by atoms with van der Waals surface area (Å²) in [5.74, 6) is -0.265. The zero-order chi connectivity index (χ0) is 14.1. The monoisotopic (exact) mass is 284 g/mol.